The van der Waals surface area contributed by atoms with E-state index in [0.29, 0.717) is 12.3 Å². The maximum atomic E-state index is 12.5. The first-order valence-corrected chi connectivity index (χ1v) is 10.5. The summed E-state index contributed by atoms with van der Waals surface area (Å²) in [4.78, 5) is 14.8. The summed E-state index contributed by atoms with van der Waals surface area (Å²) in [6, 6.07) is 22.6. The predicted molar refractivity (Wildman–Crippen MR) is 119 cm³/mol. The largest absolute Gasteiger partial charge is 0.484 e. The highest BCUT2D eigenvalue weighted by atomic mass is 16.5. The van der Waals surface area contributed by atoms with Crippen molar-refractivity contribution in [2.45, 2.75) is 13.0 Å². The van der Waals surface area contributed by atoms with Crippen LogP contribution in [0.25, 0.3) is 10.8 Å². The number of fused-ring (bicyclic) bond motifs is 1. The van der Waals surface area contributed by atoms with Crippen LogP contribution in [0.15, 0.2) is 66.7 Å². The van der Waals surface area contributed by atoms with Gasteiger partial charge in [-0.15, -0.1) is 0 Å². The Kier molecular flexibility index (Phi) is 6.62. The summed E-state index contributed by atoms with van der Waals surface area (Å²) in [7, 11) is 0. The van der Waals surface area contributed by atoms with Gasteiger partial charge in [0, 0.05) is 19.6 Å². The molecule has 0 saturated carbocycles. The lowest BCUT2D eigenvalue weighted by molar-refractivity contribution is -0.123. The highest BCUT2D eigenvalue weighted by Gasteiger charge is 2.23. The van der Waals surface area contributed by atoms with Gasteiger partial charge < -0.3 is 14.8 Å². The zero-order valence-electron chi connectivity index (χ0n) is 17.3. The fourth-order valence-corrected chi connectivity index (χ4v) is 3.80. The average molecular weight is 405 g/mol. The van der Waals surface area contributed by atoms with Crippen LogP contribution in [0, 0.1) is 6.92 Å². The van der Waals surface area contributed by atoms with E-state index in [1.807, 2.05) is 36.4 Å². The third-order valence-corrected chi connectivity index (χ3v) is 5.53. The average Bonchev–Trinajstić information content (AvgIpc) is 2.79. The van der Waals surface area contributed by atoms with Crippen molar-refractivity contribution in [1.82, 2.24) is 10.2 Å². The number of hydrogen-bond donors (Lipinski definition) is 1. The molecule has 5 nitrogen and oxygen atoms in total. The van der Waals surface area contributed by atoms with Gasteiger partial charge in [-0.3, -0.25) is 9.69 Å². The predicted octanol–water partition coefficient (Wildman–Crippen LogP) is 3.72. The van der Waals surface area contributed by atoms with Crippen molar-refractivity contribution < 1.29 is 14.3 Å². The van der Waals surface area contributed by atoms with E-state index in [1.54, 1.807) is 0 Å². The van der Waals surface area contributed by atoms with E-state index in [4.69, 9.17) is 9.47 Å². The zero-order valence-corrected chi connectivity index (χ0v) is 17.3. The summed E-state index contributed by atoms with van der Waals surface area (Å²) in [6.45, 7) is 5.80. The van der Waals surface area contributed by atoms with Gasteiger partial charge in [-0.25, -0.2) is 0 Å². The minimum absolute atomic E-state index is 0.00205. The number of carbonyl (C=O) groups excluding carboxylic acids is 1. The molecule has 1 fully saturated rings. The lowest BCUT2D eigenvalue weighted by atomic mass is 10.0. The summed E-state index contributed by atoms with van der Waals surface area (Å²) in [6.07, 6.45) is 0. The standard InChI is InChI=1S/C25H28N2O3/c1-19-6-8-21(9-7-19)24(27-12-14-29-15-13-27)17-26-25(28)18-30-23-11-10-20-4-2-3-5-22(20)16-23/h2-11,16,24H,12-15,17-18H2,1H3,(H,26,28). The van der Waals surface area contributed by atoms with Crippen molar-refractivity contribution in [3.63, 3.8) is 0 Å². The number of aryl methyl sites for hydroxylation is 1. The van der Waals surface area contributed by atoms with Crippen LogP contribution in [-0.2, 0) is 9.53 Å². The number of nitrogens with zero attached hydrogens (tertiary/aromatic N) is 1. The van der Waals surface area contributed by atoms with Crippen LogP contribution in [-0.4, -0.2) is 50.3 Å². The first-order chi connectivity index (χ1) is 14.7. The van der Waals surface area contributed by atoms with Gasteiger partial charge in [0.25, 0.3) is 5.91 Å². The molecule has 1 atom stereocenters. The number of rotatable bonds is 7. The molecule has 0 radical (unpaired) electrons. The molecule has 1 heterocycles. The van der Waals surface area contributed by atoms with Gasteiger partial charge >= 0.3 is 0 Å². The van der Waals surface area contributed by atoms with Crippen molar-refractivity contribution in [2.75, 3.05) is 39.5 Å². The van der Waals surface area contributed by atoms with Crippen molar-refractivity contribution in [3.8, 4) is 5.75 Å². The first kappa shape index (κ1) is 20.4. The Morgan fingerprint density at radius 1 is 1.03 bits per heavy atom. The van der Waals surface area contributed by atoms with Gasteiger partial charge in [-0.1, -0.05) is 60.2 Å². The SMILES string of the molecule is Cc1ccc(C(CNC(=O)COc2ccc3ccccc3c2)N2CCOCC2)cc1. The minimum Gasteiger partial charge on any atom is -0.484 e. The number of benzene rings is 3. The van der Waals surface area contributed by atoms with E-state index in [2.05, 4.69) is 47.5 Å². The van der Waals surface area contributed by atoms with Crippen molar-refractivity contribution >= 4 is 16.7 Å². The second kappa shape index (κ2) is 9.74. The summed E-state index contributed by atoms with van der Waals surface area (Å²) < 4.78 is 11.2. The normalized spacial score (nSPS) is 15.6. The second-order valence-corrected chi connectivity index (χ2v) is 7.68. The Morgan fingerprint density at radius 3 is 2.53 bits per heavy atom. The molecule has 3 aromatic carbocycles. The van der Waals surface area contributed by atoms with Crippen LogP contribution < -0.4 is 10.1 Å². The summed E-state index contributed by atoms with van der Waals surface area (Å²) in [5.74, 6) is 0.584. The maximum Gasteiger partial charge on any atom is 0.258 e. The maximum absolute atomic E-state index is 12.5. The second-order valence-electron chi connectivity index (χ2n) is 7.68. The third kappa shape index (κ3) is 5.17. The first-order valence-electron chi connectivity index (χ1n) is 10.5. The fourth-order valence-electron chi connectivity index (χ4n) is 3.80. The quantitative estimate of drug-likeness (QED) is 0.652. The molecule has 30 heavy (non-hydrogen) atoms. The van der Waals surface area contributed by atoms with Gasteiger partial charge in [0.1, 0.15) is 5.75 Å². The lowest BCUT2D eigenvalue weighted by Gasteiger charge is -2.35. The summed E-state index contributed by atoms with van der Waals surface area (Å²) in [5.41, 5.74) is 2.44. The fraction of sp³-hybridized carbons (Fsp3) is 0.320. The Hall–Kier alpha value is -2.89. The summed E-state index contributed by atoms with van der Waals surface area (Å²) in [5, 5.41) is 5.31. The number of carbonyl (C=O) groups is 1. The monoisotopic (exact) mass is 404 g/mol. The summed E-state index contributed by atoms with van der Waals surface area (Å²) >= 11 is 0. The minimum atomic E-state index is -0.117. The van der Waals surface area contributed by atoms with E-state index in [-0.39, 0.29) is 18.6 Å². The zero-order chi connectivity index (χ0) is 20.8. The van der Waals surface area contributed by atoms with Crippen molar-refractivity contribution in [1.29, 1.82) is 0 Å². The smallest absolute Gasteiger partial charge is 0.258 e. The highest BCUT2D eigenvalue weighted by Crippen LogP contribution is 2.22. The van der Waals surface area contributed by atoms with Gasteiger partial charge in [-0.2, -0.15) is 0 Å². The van der Waals surface area contributed by atoms with E-state index >= 15 is 0 Å². The molecule has 1 unspecified atom stereocenters. The molecule has 156 valence electrons. The number of ether oxygens (including phenoxy) is 2. The molecule has 3 aromatic rings. The molecule has 0 bridgehead atoms. The van der Waals surface area contributed by atoms with E-state index in [1.165, 1.54) is 11.1 Å². The Bertz CT molecular complexity index is 981. The highest BCUT2D eigenvalue weighted by molar-refractivity contribution is 5.84. The van der Waals surface area contributed by atoms with Crippen LogP contribution in [0.1, 0.15) is 17.2 Å². The van der Waals surface area contributed by atoms with Crippen LogP contribution in [0.3, 0.4) is 0 Å². The molecule has 1 aliphatic rings. The molecule has 4 rings (SSSR count). The Morgan fingerprint density at radius 2 is 1.77 bits per heavy atom. The Labute approximate surface area is 177 Å². The molecule has 0 aliphatic carbocycles. The van der Waals surface area contributed by atoms with Crippen LogP contribution in [0.5, 0.6) is 5.75 Å². The van der Waals surface area contributed by atoms with E-state index in [9.17, 15) is 4.79 Å². The lowest BCUT2D eigenvalue weighted by Crippen LogP contribution is -2.44. The van der Waals surface area contributed by atoms with E-state index in [0.717, 1.165) is 37.1 Å². The van der Waals surface area contributed by atoms with Gasteiger partial charge in [0.15, 0.2) is 6.61 Å². The molecule has 0 spiro atoms. The van der Waals surface area contributed by atoms with Gasteiger partial charge in [0.2, 0.25) is 0 Å². The molecule has 1 N–H and O–H groups in total. The third-order valence-electron chi connectivity index (χ3n) is 5.53. The Balaban J connectivity index is 1.36. The molecule has 1 saturated heterocycles. The number of morpholine rings is 1. The topological polar surface area (TPSA) is 50.8 Å². The van der Waals surface area contributed by atoms with Gasteiger partial charge in [-0.05, 0) is 35.4 Å². The molecular weight excluding hydrogens is 376 g/mol. The van der Waals surface area contributed by atoms with Crippen LogP contribution in [0.4, 0.5) is 0 Å². The number of nitrogens with one attached hydrogen (secondary N) is 1. The molecular formula is C25H28N2O3. The van der Waals surface area contributed by atoms with Crippen LogP contribution >= 0.6 is 0 Å². The number of hydrogen-bond acceptors (Lipinski definition) is 4. The molecule has 1 amide bonds. The molecule has 5 heteroatoms. The van der Waals surface area contributed by atoms with Crippen molar-refractivity contribution in [2.24, 2.45) is 0 Å². The van der Waals surface area contributed by atoms with Crippen molar-refractivity contribution in [3.05, 3.63) is 77.9 Å². The van der Waals surface area contributed by atoms with Crippen LogP contribution in [0.2, 0.25) is 0 Å². The van der Waals surface area contributed by atoms with Gasteiger partial charge in [0.05, 0.1) is 19.3 Å². The number of amides is 1. The molecule has 1 aliphatic heterocycles. The van der Waals surface area contributed by atoms with E-state index < -0.39 is 0 Å². The molecule has 0 aromatic heterocycles.